The van der Waals surface area contributed by atoms with Crippen molar-refractivity contribution in [2.75, 3.05) is 24.7 Å². The molecule has 0 radical (unpaired) electrons. The second kappa shape index (κ2) is 10.9. The van der Waals surface area contributed by atoms with Gasteiger partial charge in [0.15, 0.2) is 9.84 Å². The standard InChI is InChI=1S/C25H24FN3O3S3.ClH/c1-29-13-12-18-21(15-29)34-25(23(18)24-27-19-5-2-3-6-20(19)33-24)28-22(30)7-4-14-35(31,32)17-10-8-16(26)9-11-17;/h2-3,5-6,8-11H,4,7,12-15H2,1H3,(H,28,30);1H. The fourth-order valence-corrected chi connectivity index (χ4v) is 7.96. The Morgan fingerprint density at radius 1 is 1.14 bits per heavy atom. The third-order valence-electron chi connectivity index (χ3n) is 6.00. The smallest absolute Gasteiger partial charge is 0.225 e. The van der Waals surface area contributed by atoms with E-state index in [0.29, 0.717) is 0 Å². The van der Waals surface area contributed by atoms with E-state index in [9.17, 15) is 17.6 Å². The van der Waals surface area contributed by atoms with Gasteiger partial charge in [0.05, 0.1) is 20.9 Å². The van der Waals surface area contributed by atoms with Crippen molar-refractivity contribution in [1.29, 1.82) is 0 Å². The Bertz CT molecular complexity index is 1470. The highest BCUT2D eigenvalue weighted by Gasteiger charge is 2.27. The zero-order valence-corrected chi connectivity index (χ0v) is 22.8. The zero-order valence-electron chi connectivity index (χ0n) is 19.5. The summed E-state index contributed by atoms with van der Waals surface area (Å²) in [5, 5.41) is 4.71. The van der Waals surface area contributed by atoms with Crippen molar-refractivity contribution >= 4 is 66.0 Å². The normalized spacial score (nSPS) is 13.8. The molecule has 0 spiro atoms. The van der Waals surface area contributed by atoms with Crippen LogP contribution in [0.25, 0.3) is 20.8 Å². The number of halogens is 2. The largest absolute Gasteiger partial charge is 0.317 e. The molecule has 1 aliphatic rings. The zero-order chi connectivity index (χ0) is 24.6. The minimum atomic E-state index is -3.58. The number of thiophene rings is 1. The molecule has 0 unspecified atom stereocenters. The van der Waals surface area contributed by atoms with Crippen molar-refractivity contribution in [2.24, 2.45) is 0 Å². The van der Waals surface area contributed by atoms with Crippen LogP contribution in [-0.4, -0.2) is 43.6 Å². The maximum Gasteiger partial charge on any atom is 0.225 e. The minimum absolute atomic E-state index is 0. The maximum atomic E-state index is 13.1. The highest BCUT2D eigenvalue weighted by molar-refractivity contribution is 7.91. The van der Waals surface area contributed by atoms with Gasteiger partial charge in [0.25, 0.3) is 0 Å². The van der Waals surface area contributed by atoms with Crippen LogP contribution in [0, 0.1) is 5.82 Å². The maximum absolute atomic E-state index is 13.1. The molecule has 0 saturated heterocycles. The van der Waals surface area contributed by atoms with E-state index in [1.54, 1.807) is 22.7 Å². The highest BCUT2D eigenvalue weighted by Crippen LogP contribution is 2.45. The number of hydrogen-bond donors (Lipinski definition) is 1. The molecular weight excluding hydrogens is 541 g/mol. The molecule has 2 aromatic carbocycles. The minimum Gasteiger partial charge on any atom is -0.317 e. The SMILES string of the molecule is CN1CCc2c(sc(NC(=O)CCCS(=O)(=O)c3ccc(F)cc3)c2-c2nc3ccccc3s2)C1.Cl. The van der Waals surface area contributed by atoms with E-state index in [4.69, 9.17) is 4.98 Å². The number of rotatable bonds is 7. The van der Waals surface area contributed by atoms with Crippen molar-refractivity contribution in [3.8, 4) is 10.6 Å². The molecule has 1 amide bonds. The third kappa shape index (κ3) is 5.63. The molecule has 11 heteroatoms. The van der Waals surface area contributed by atoms with Crippen LogP contribution in [0.3, 0.4) is 0 Å². The summed E-state index contributed by atoms with van der Waals surface area (Å²) in [6, 6.07) is 12.7. The predicted molar refractivity (Wildman–Crippen MR) is 147 cm³/mol. The number of anilines is 1. The van der Waals surface area contributed by atoms with Gasteiger partial charge in [-0.3, -0.25) is 4.79 Å². The van der Waals surface area contributed by atoms with Gasteiger partial charge < -0.3 is 10.2 Å². The number of carbonyl (C=O) groups is 1. The molecule has 3 heterocycles. The van der Waals surface area contributed by atoms with E-state index in [1.807, 2.05) is 24.3 Å². The van der Waals surface area contributed by atoms with Gasteiger partial charge in [0.2, 0.25) is 5.91 Å². The first-order chi connectivity index (χ1) is 16.8. The molecule has 0 saturated carbocycles. The quantitative estimate of drug-likeness (QED) is 0.288. The first-order valence-corrected chi connectivity index (χ1v) is 14.6. The number of benzene rings is 2. The first kappa shape index (κ1) is 26.7. The van der Waals surface area contributed by atoms with E-state index in [0.717, 1.165) is 57.4 Å². The van der Waals surface area contributed by atoms with Gasteiger partial charge in [-0.1, -0.05) is 12.1 Å². The van der Waals surface area contributed by atoms with Gasteiger partial charge in [0, 0.05) is 30.0 Å². The summed E-state index contributed by atoms with van der Waals surface area (Å²) in [6.45, 7) is 1.76. The lowest BCUT2D eigenvalue weighted by atomic mass is 10.0. The lowest BCUT2D eigenvalue weighted by Crippen LogP contribution is -2.25. The molecular formula is C25H25ClFN3O3S3. The summed E-state index contributed by atoms with van der Waals surface area (Å²) in [4.78, 5) is 21.2. The molecule has 190 valence electrons. The van der Waals surface area contributed by atoms with E-state index in [1.165, 1.54) is 22.6 Å². The molecule has 0 atom stereocenters. The average Bonchev–Trinajstić information content (AvgIpc) is 3.39. The number of para-hydroxylation sites is 1. The second-order valence-electron chi connectivity index (χ2n) is 8.61. The van der Waals surface area contributed by atoms with E-state index >= 15 is 0 Å². The fraction of sp³-hybridized carbons (Fsp3) is 0.280. The Balaban J connectivity index is 0.00000304. The fourth-order valence-electron chi connectivity index (χ4n) is 4.20. The van der Waals surface area contributed by atoms with Crippen LogP contribution in [-0.2, 0) is 27.6 Å². The Morgan fingerprint density at radius 3 is 2.64 bits per heavy atom. The molecule has 0 aliphatic carbocycles. The van der Waals surface area contributed by atoms with E-state index < -0.39 is 15.7 Å². The van der Waals surface area contributed by atoms with Crippen molar-refractivity contribution < 1.29 is 17.6 Å². The van der Waals surface area contributed by atoms with Crippen LogP contribution in [0.4, 0.5) is 9.39 Å². The van der Waals surface area contributed by atoms with Gasteiger partial charge in [-0.25, -0.2) is 17.8 Å². The van der Waals surface area contributed by atoms with Crippen LogP contribution < -0.4 is 5.32 Å². The van der Waals surface area contributed by atoms with Gasteiger partial charge >= 0.3 is 0 Å². The lowest BCUT2D eigenvalue weighted by Gasteiger charge is -2.22. The molecule has 1 N–H and O–H groups in total. The Labute approximate surface area is 223 Å². The lowest BCUT2D eigenvalue weighted by molar-refractivity contribution is -0.116. The van der Waals surface area contributed by atoms with E-state index in [2.05, 4.69) is 17.3 Å². The summed E-state index contributed by atoms with van der Waals surface area (Å²) in [6.07, 6.45) is 1.14. The molecule has 36 heavy (non-hydrogen) atoms. The number of hydrogen-bond acceptors (Lipinski definition) is 7. The third-order valence-corrected chi connectivity index (χ3v) is 10.0. The Morgan fingerprint density at radius 2 is 1.89 bits per heavy atom. The number of carbonyl (C=O) groups excluding carboxylic acids is 1. The van der Waals surface area contributed by atoms with Crippen LogP contribution >= 0.6 is 35.1 Å². The Kier molecular flexibility index (Phi) is 8.11. The van der Waals surface area contributed by atoms with Gasteiger partial charge in [-0.15, -0.1) is 35.1 Å². The summed E-state index contributed by atoms with van der Waals surface area (Å²) < 4.78 is 39.2. The van der Waals surface area contributed by atoms with Crippen LogP contribution in [0.15, 0.2) is 53.4 Å². The van der Waals surface area contributed by atoms with Crippen molar-refractivity contribution in [3.63, 3.8) is 0 Å². The number of fused-ring (bicyclic) bond motifs is 2. The second-order valence-corrected chi connectivity index (χ2v) is 12.9. The van der Waals surface area contributed by atoms with Crippen molar-refractivity contribution in [2.45, 2.75) is 30.7 Å². The molecule has 0 fully saturated rings. The summed E-state index contributed by atoms with van der Waals surface area (Å²) in [5.41, 5.74) is 3.16. The molecule has 0 bridgehead atoms. The van der Waals surface area contributed by atoms with Gasteiger partial charge in [-0.2, -0.15) is 0 Å². The van der Waals surface area contributed by atoms with E-state index in [-0.39, 0.29) is 41.8 Å². The summed E-state index contributed by atoms with van der Waals surface area (Å²) >= 11 is 3.19. The van der Waals surface area contributed by atoms with Gasteiger partial charge in [-0.05, 0) is 61.9 Å². The molecule has 6 nitrogen and oxygen atoms in total. The van der Waals surface area contributed by atoms with Crippen LogP contribution in [0.1, 0.15) is 23.3 Å². The average molecular weight is 566 g/mol. The number of aromatic nitrogens is 1. The molecule has 4 aromatic rings. The topological polar surface area (TPSA) is 79.4 Å². The van der Waals surface area contributed by atoms with Gasteiger partial charge in [0.1, 0.15) is 15.8 Å². The van der Waals surface area contributed by atoms with Crippen molar-refractivity contribution in [1.82, 2.24) is 9.88 Å². The Hall–Kier alpha value is -2.37. The number of sulfone groups is 1. The van der Waals surface area contributed by atoms with Crippen molar-refractivity contribution in [3.05, 3.63) is 64.8 Å². The number of nitrogens with zero attached hydrogens (tertiary/aromatic N) is 2. The predicted octanol–water partition coefficient (Wildman–Crippen LogP) is 5.77. The number of thiazole rings is 1. The number of likely N-dealkylation sites (N-methyl/N-ethyl adjacent to an activating group) is 1. The van der Waals surface area contributed by atoms with Crippen LogP contribution in [0.2, 0.25) is 0 Å². The summed E-state index contributed by atoms with van der Waals surface area (Å²) in [7, 11) is -1.49. The monoisotopic (exact) mass is 565 g/mol. The molecule has 5 rings (SSSR count). The summed E-state index contributed by atoms with van der Waals surface area (Å²) in [5.74, 6) is -0.895. The number of nitrogens with one attached hydrogen (secondary N) is 1. The number of amides is 1. The first-order valence-electron chi connectivity index (χ1n) is 11.3. The van der Waals surface area contributed by atoms with Crippen LogP contribution in [0.5, 0.6) is 0 Å². The molecule has 1 aliphatic heterocycles. The highest BCUT2D eigenvalue weighted by atomic mass is 35.5. The molecule has 2 aromatic heterocycles.